The molecule has 0 radical (unpaired) electrons. The second kappa shape index (κ2) is 7.82. The minimum atomic E-state index is -0.545. The number of benzene rings is 2. The number of halogens is 1. The molecule has 7 nitrogen and oxygen atoms in total. The summed E-state index contributed by atoms with van der Waals surface area (Å²) in [6, 6.07) is 13.2. The van der Waals surface area contributed by atoms with Crippen LogP contribution in [-0.2, 0) is 13.1 Å². The van der Waals surface area contributed by atoms with Gasteiger partial charge in [0, 0.05) is 18.2 Å². The summed E-state index contributed by atoms with van der Waals surface area (Å²) in [5.74, 6) is 0.173. The minimum Gasteiger partial charge on any atom is -0.497 e. The van der Waals surface area contributed by atoms with E-state index in [0.717, 1.165) is 4.57 Å². The van der Waals surface area contributed by atoms with Crippen LogP contribution in [0.25, 0.3) is 16.9 Å². The number of imidazole rings is 1. The number of aromatic nitrogens is 4. The van der Waals surface area contributed by atoms with E-state index in [4.69, 9.17) is 4.74 Å². The Labute approximate surface area is 170 Å². The topological polar surface area (TPSA) is 71.1 Å². The SMILES string of the molecule is C=CCn1c(=O)c2c(ncn2Cc2ccccc2F)n(-c2cccc(OC)c2)c1=O. The van der Waals surface area contributed by atoms with Crippen LogP contribution in [0, 0.1) is 5.82 Å². The first kappa shape index (κ1) is 19.4. The smallest absolute Gasteiger partial charge is 0.337 e. The molecule has 30 heavy (non-hydrogen) atoms. The molecule has 0 saturated carbocycles. The van der Waals surface area contributed by atoms with Crippen LogP contribution in [0.1, 0.15) is 5.56 Å². The summed E-state index contributed by atoms with van der Waals surface area (Å²) in [5.41, 5.74) is 0.237. The third kappa shape index (κ3) is 3.22. The van der Waals surface area contributed by atoms with E-state index in [9.17, 15) is 14.0 Å². The summed E-state index contributed by atoms with van der Waals surface area (Å²) >= 11 is 0. The summed E-state index contributed by atoms with van der Waals surface area (Å²) in [6.45, 7) is 3.77. The van der Waals surface area contributed by atoms with E-state index in [1.165, 1.54) is 30.1 Å². The normalized spacial score (nSPS) is 11.0. The van der Waals surface area contributed by atoms with E-state index in [0.29, 0.717) is 17.0 Å². The molecule has 2 aromatic carbocycles. The van der Waals surface area contributed by atoms with Gasteiger partial charge in [0.1, 0.15) is 11.6 Å². The molecule has 0 amide bonds. The molecule has 8 heteroatoms. The number of ether oxygens (including phenoxy) is 1. The number of rotatable bonds is 6. The number of nitrogens with zero attached hydrogens (tertiary/aromatic N) is 4. The molecule has 4 aromatic rings. The lowest BCUT2D eigenvalue weighted by Crippen LogP contribution is -2.39. The highest BCUT2D eigenvalue weighted by atomic mass is 19.1. The van der Waals surface area contributed by atoms with Gasteiger partial charge >= 0.3 is 5.69 Å². The number of methoxy groups -OCH3 is 1. The van der Waals surface area contributed by atoms with Crippen LogP contribution in [0.5, 0.6) is 5.75 Å². The molecular formula is C22H19FN4O3. The standard InChI is InChI=1S/C22H19FN4O3/c1-3-11-26-21(28)19-20(24-14-25(19)13-15-7-4-5-10-18(15)23)27(22(26)29)16-8-6-9-17(12-16)30-2/h3-10,12,14H,1,11,13H2,2H3. The van der Waals surface area contributed by atoms with Crippen molar-refractivity contribution in [3.8, 4) is 11.4 Å². The highest BCUT2D eigenvalue weighted by molar-refractivity contribution is 5.72. The number of hydrogen-bond acceptors (Lipinski definition) is 4. The molecule has 2 aromatic heterocycles. The molecule has 0 unspecified atom stereocenters. The molecule has 0 bridgehead atoms. The number of allylic oxidation sites excluding steroid dienone is 1. The van der Waals surface area contributed by atoms with Crippen molar-refractivity contribution in [2.24, 2.45) is 0 Å². The van der Waals surface area contributed by atoms with Crippen molar-refractivity contribution >= 4 is 11.2 Å². The van der Waals surface area contributed by atoms with Crippen molar-refractivity contribution in [2.45, 2.75) is 13.1 Å². The summed E-state index contributed by atoms with van der Waals surface area (Å²) < 4.78 is 23.4. The van der Waals surface area contributed by atoms with Gasteiger partial charge in [-0.3, -0.25) is 9.36 Å². The van der Waals surface area contributed by atoms with Gasteiger partial charge in [-0.2, -0.15) is 0 Å². The van der Waals surface area contributed by atoms with Gasteiger partial charge in [-0.15, -0.1) is 6.58 Å². The fraction of sp³-hybridized carbons (Fsp3) is 0.136. The van der Waals surface area contributed by atoms with Crippen LogP contribution in [0.15, 0.2) is 77.1 Å². The van der Waals surface area contributed by atoms with Gasteiger partial charge in [-0.25, -0.2) is 18.7 Å². The summed E-state index contributed by atoms with van der Waals surface area (Å²) in [5, 5.41) is 0. The molecule has 4 rings (SSSR count). The zero-order chi connectivity index (χ0) is 21.3. The number of hydrogen-bond donors (Lipinski definition) is 0. The largest absolute Gasteiger partial charge is 0.497 e. The van der Waals surface area contributed by atoms with Gasteiger partial charge in [0.05, 0.1) is 25.7 Å². The van der Waals surface area contributed by atoms with Crippen LogP contribution < -0.4 is 16.0 Å². The van der Waals surface area contributed by atoms with Gasteiger partial charge in [0.15, 0.2) is 11.2 Å². The maximum absolute atomic E-state index is 14.2. The van der Waals surface area contributed by atoms with Crippen molar-refractivity contribution < 1.29 is 9.13 Å². The fourth-order valence-electron chi connectivity index (χ4n) is 3.38. The molecule has 0 spiro atoms. The van der Waals surface area contributed by atoms with Gasteiger partial charge in [-0.05, 0) is 18.2 Å². The van der Waals surface area contributed by atoms with E-state index in [2.05, 4.69) is 11.6 Å². The monoisotopic (exact) mass is 406 g/mol. The highest BCUT2D eigenvalue weighted by Crippen LogP contribution is 2.19. The third-order valence-corrected chi connectivity index (χ3v) is 4.82. The fourth-order valence-corrected chi connectivity index (χ4v) is 3.38. The maximum Gasteiger partial charge on any atom is 0.337 e. The van der Waals surface area contributed by atoms with E-state index in [1.54, 1.807) is 47.0 Å². The predicted octanol–water partition coefficient (Wildman–Crippen LogP) is 2.73. The molecule has 0 aliphatic rings. The van der Waals surface area contributed by atoms with Crippen molar-refractivity contribution in [1.29, 1.82) is 0 Å². The maximum atomic E-state index is 14.2. The molecule has 0 N–H and O–H groups in total. The Balaban J connectivity index is 2.01. The minimum absolute atomic E-state index is 0.0302. The molecule has 0 aliphatic carbocycles. The van der Waals surface area contributed by atoms with Crippen molar-refractivity contribution in [3.63, 3.8) is 0 Å². The summed E-state index contributed by atoms with van der Waals surface area (Å²) in [7, 11) is 1.53. The van der Waals surface area contributed by atoms with Crippen LogP contribution in [0.2, 0.25) is 0 Å². The Bertz CT molecular complexity index is 1370. The van der Waals surface area contributed by atoms with Crippen molar-refractivity contribution in [2.75, 3.05) is 7.11 Å². The first-order valence-corrected chi connectivity index (χ1v) is 9.24. The summed E-state index contributed by atoms with van der Waals surface area (Å²) in [4.78, 5) is 30.6. The second-order valence-corrected chi connectivity index (χ2v) is 6.66. The first-order valence-electron chi connectivity index (χ1n) is 9.24. The van der Waals surface area contributed by atoms with E-state index < -0.39 is 11.2 Å². The van der Waals surface area contributed by atoms with Crippen molar-refractivity contribution in [3.05, 3.63) is 99.7 Å². The molecule has 0 saturated heterocycles. The Hall–Kier alpha value is -3.94. The molecular weight excluding hydrogens is 387 g/mol. The average molecular weight is 406 g/mol. The first-order chi connectivity index (χ1) is 14.5. The highest BCUT2D eigenvalue weighted by Gasteiger charge is 2.19. The average Bonchev–Trinajstić information content (AvgIpc) is 3.16. The van der Waals surface area contributed by atoms with Crippen molar-refractivity contribution in [1.82, 2.24) is 18.7 Å². The lowest BCUT2D eigenvalue weighted by atomic mass is 10.2. The zero-order valence-electron chi connectivity index (χ0n) is 16.3. The van der Waals surface area contributed by atoms with E-state index >= 15 is 0 Å². The lowest BCUT2D eigenvalue weighted by Gasteiger charge is -2.12. The second-order valence-electron chi connectivity index (χ2n) is 6.66. The number of fused-ring (bicyclic) bond motifs is 1. The van der Waals surface area contributed by atoms with E-state index in [-0.39, 0.29) is 30.1 Å². The lowest BCUT2D eigenvalue weighted by molar-refractivity contribution is 0.414. The Kier molecular flexibility index (Phi) is 5.05. The van der Waals surface area contributed by atoms with Crippen LogP contribution in [-0.4, -0.2) is 25.8 Å². The van der Waals surface area contributed by atoms with Crippen LogP contribution >= 0.6 is 0 Å². The molecule has 0 aliphatic heterocycles. The molecule has 152 valence electrons. The van der Waals surface area contributed by atoms with Gasteiger partial charge in [0.2, 0.25) is 0 Å². The predicted molar refractivity (Wildman–Crippen MR) is 112 cm³/mol. The quantitative estimate of drug-likeness (QED) is 0.462. The third-order valence-electron chi connectivity index (χ3n) is 4.82. The van der Waals surface area contributed by atoms with Gasteiger partial charge < -0.3 is 9.30 Å². The molecule has 2 heterocycles. The Morgan fingerprint density at radius 2 is 1.97 bits per heavy atom. The molecule has 0 atom stereocenters. The Morgan fingerprint density at radius 3 is 2.70 bits per heavy atom. The molecule has 0 fully saturated rings. The Morgan fingerprint density at radius 1 is 1.17 bits per heavy atom. The van der Waals surface area contributed by atoms with Gasteiger partial charge in [-0.1, -0.05) is 30.3 Å². The van der Waals surface area contributed by atoms with E-state index in [1.807, 2.05) is 0 Å². The zero-order valence-corrected chi connectivity index (χ0v) is 16.3. The van der Waals surface area contributed by atoms with Crippen LogP contribution in [0.4, 0.5) is 4.39 Å². The summed E-state index contributed by atoms with van der Waals surface area (Å²) in [6.07, 6.45) is 2.91. The van der Waals surface area contributed by atoms with Crippen LogP contribution in [0.3, 0.4) is 0 Å². The van der Waals surface area contributed by atoms with Gasteiger partial charge in [0.25, 0.3) is 5.56 Å².